The Morgan fingerprint density at radius 3 is 2.60 bits per heavy atom. The number of nitrogens with two attached hydrogens (primary N) is 1. The highest BCUT2D eigenvalue weighted by atomic mass is 16.5. The lowest BCUT2D eigenvalue weighted by Gasteiger charge is -1.98. The maximum absolute atomic E-state index is 5.65. The molecule has 0 saturated carbocycles. The van der Waals surface area contributed by atoms with Gasteiger partial charge < -0.3 is 10.5 Å². The number of ether oxygens (including phenoxy) is 1. The van der Waals surface area contributed by atoms with Crippen LogP contribution in [-0.4, -0.2) is 12.6 Å². The van der Waals surface area contributed by atoms with Crippen LogP contribution in [-0.2, 0) is 4.74 Å². The fourth-order valence-electron chi connectivity index (χ4n) is 0.964. The van der Waals surface area contributed by atoms with E-state index in [-0.39, 0.29) is 6.04 Å². The second-order valence-corrected chi connectivity index (χ2v) is 2.15. The minimum absolute atomic E-state index is 0.0227. The van der Waals surface area contributed by atoms with Gasteiger partial charge >= 0.3 is 0 Å². The Kier molecular flexibility index (Phi) is 1.92. The Morgan fingerprint density at radius 1 is 1.50 bits per heavy atom. The van der Waals surface area contributed by atoms with Crippen molar-refractivity contribution in [2.75, 3.05) is 6.61 Å². The topological polar surface area (TPSA) is 35.2 Å². The van der Waals surface area contributed by atoms with E-state index >= 15 is 0 Å². The predicted octanol–water partition coefficient (Wildman–Crippen LogP) is 0.970. The van der Waals surface area contributed by atoms with Gasteiger partial charge in [0.15, 0.2) is 0 Å². The zero-order valence-corrected chi connectivity index (χ0v) is 5.84. The molecular weight excluding hydrogens is 126 g/mol. The molecule has 0 aromatic carbocycles. The number of allylic oxidation sites excluding steroid dienone is 1. The van der Waals surface area contributed by atoms with E-state index < -0.39 is 0 Å². The first kappa shape index (κ1) is 7.09. The average molecular weight is 137 g/mol. The van der Waals surface area contributed by atoms with Crippen molar-refractivity contribution < 1.29 is 4.74 Å². The third-order valence-corrected chi connectivity index (χ3v) is 1.51. The first-order valence-corrected chi connectivity index (χ1v) is 3.17. The number of hydrogen-bond acceptors (Lipinski definition) is 2. The SMILES string of the molecule is C=CC1=C(C=C)C(N)CO1. The Hall–Kier alpha value is -1.02. The van der Waals surface area contributed by atoms with E-state index in [0.717, 1.165) is 11.3 Å². The molecule has 10 heavy (non-hydrogen) atoms. The third-order valence-electron chi connectivity index (χ3n) is 1.51. The Morgan fingerprint density at radius 2 is 2.20 bits per heavy atom. The second-order valence-electron chi connectivity index (χ2n) is 2.15. The highest BCUT2D eigenvalue weighted by molar-refractivity contribution is 5.34. The summed E-state index contributed by atoms with van der Waals surface area (Å²) in [7, 11) is 0. The lowest BCUT2D eigenvalue weighted by molar-refractivity contribution is 0.247. The highest BCUT2D eigenvalue weighted by Crippen LogP contribution is 2.19. The van der Waals surface area contributed by atoms with Gasteiger partial charge in [-0.15, -0.1) is 0 Å². The maximum atomic E-state index is 5.65. The zero-order valence-electron chi connectivity index (χ0n) is 5.84. The Balaban J connectivity index is 2.91. The molecule has 0 aromatic rings. The largest absolute Gasteiger partial charge is 0.491 e. The summed E-state index contributed by atoms with van der Waals surface area (Å²) in [5, 5.41) is 0. The molecule has 0 aromatic heterocycles. The average Bonchev–Trinajstić information content (AvgIpc) is 2.30. The molecule has 0 aliphatic carbocycles. The van der Waals surface area contributed by atoms with Crippen LogP contribution in [0.4, 0.5) is 0 Å². The van der Waals surface area contributed by atoms with Gasteiger partial charge in [0, 0.05) is 5.57 Å². The van der Waals surface area contributed by atoms with E-state index in [4.69, 9.17) is 10.5 Å². The van der Waals surface area contributed by atoms with Crippen molar-refractivity contribution >= 4 is 0 Å². The second kappa shape index (κ2) is 2.71. The van der Waals surface area contributed by atoms with Crippen LogP contribution in [0.1, 0.15) is 0 Å². The summed E-state index contributed by atoms with van der Waals surface area (Å²) in [5.41, 5.74) is 6.61. The van der Waals surface area contributed by atoms with Crippen molar-refractivity contribution in [2.45, 2.75) is 6.04 Å². The third kappa shape index (κ3) is 0.977. The van der Waals surface area contributed by atoms with Gasteiger partial charge in [-0.1, -0.05) is 19.2 Å². The molecule has 0 radical (unpaired) electrons. The van der Waals surface area contributed by atoms with Gasteiger partial charge in [0.05, 0.1) is 6.04 Å². The van der Waals surface area contributed by atoms with Crippen molar-refractivity contribution in [3.05, 3.63) is 36.6 Å². The van der Waals surface area contributed by atoms with Crippen molar-refractivity contribution in [2.24, 2.45) is 5.73 Å². The summed E-state index contributed by atoms with van der Waals surface area (Å²) >= 11 is 0. The van der Waals surface area contributed by atoms with E-state index in [1.807, 2.05) is 0 Å². The quantitative estimate of drug-likeness (QED) is 0.615. The molecule has 1 rings (SSSR count). The molecule has 0 spiro atoms. The summed E-state index contributed by atoms with van der Waals surface area (Å²) in [6, 6.07) is -0.0227. The van der Waals surface area contributed by atoms with Crippen LogP contribution in [0.3, 0.4) is 0 Å². The predicted molar refractivity (Wildman–Crippen MR) is 41.3 cm³/mol. The van der Waals surface area contributed by atoms with Gasteiger partial charge in [-0.25, -0.2) is 0 Å². The maximum Gasteiger partial charge on any atom is 0.123 e. The fraction of sp³-hybridized carbons (Fsp3) is 0.250. The van der Waals surface area contributed by atoms with Crippen molar-refractivity contribution in [1.29, 1.82) is 0 Å². The van der Waals surface area contributed by atoms with Crippen LogP contribution in [0.15, 0.2) is 36.6 Å². The first-order valence-electron chi connectivity index (χ1n) is 3.17. The van der Waals surface area contributed by atoms with Gasteiger partial charge in [-0.2, -0.15) is 0 Å². The summed E-state index contributed by atoms with van der Waals surface area (Å²) in [5.74, 6) is 0.766. The van der Waals surface area contributed by atoms with Crippen LogP contribution in [0, 0.1) is 0 Å². The van der Waals surface area contributed by atoms with Crippen LogP contribution in [0.25, 0.3) is 0 Å². The summed E-state index contributed by atoms with van der Waals surface area (Å²) < 4.78 is 5.18. The van der Waals surface area contributed by atoms with Crippen molar-refractivity contribution in [1.82, 2.24) is 0 Å². The Labute approximate surface area is 60.7 Å². The van der Waals surface area contributed by atoms with Gasteiger partial charge in [-0.3, -0.25) is 0 Å². The molecular formula is C8H11NO. The fourth-order valence-corrected chi connectivity index (χ4v) is 0.964. The first-order chi connectivity index (χ1) is 4.79. The zero-order chi connectivity index (χ0) is 7.56. The van der Waals surface area contributed by atoms with Crippen LogP contribution >= 0.6 is 0 Å². The Bertz CT molecular complexity index is 193. The molecule has 0 amide bonds. The summed E-state index contributed by atoms with van der Waals surface area (Å²) in [6.07, 6.45) is 3.37. The van der Waals surface area contributed by atoms with Gasteiger partial charge in [0.2, 0.25) is 0 Å². The highest BCUT2D eigenvalue weighted by Gasteiger charge is 2.18. The van der Waals surface area contributed by atoms with Gasteiger partial charge in [0.25, 0.3) is 0 Å². The van der Waals surface area contributed by atoms with Crippen LogP contribution in [0.5, 0.6) is 0 Å². The van der Waals surface area contributed by atoms with E-state index in [9.17, 15) is 0 Å². The molecule has 0 saturated heterocycles. The normalized spacial score (nSPS) is 24.3. The standard InChI is InChI=1S/C8H11NO/c1-3-6-7(9)5-10-8(6)4-2/h3-4,7H,1-2,5,9H2. The molecule has 1 unspecified atom stereocenters. The van der Waals surface area contributed by atoms with Gasteiger partial charge in [-0.05, 0) is 6.08 Å². The van der Waals surface area contributed by atoms with E-state index in [1.165, 1.54) is 0 Å². The van der Waals surface area contributed by atoms with Crippen LogP contribution in [0.2, 0.25) is 0 Å². The van der Waals surface area contributed by atoms with E-state index in [0.29, 0.717) is 6.61 Å². The smallest absolute Gasteiger partial charge is 0.123 e. The summed E-state index contributed by atoms with van der Waals surface area (Å²) in [6.45, 7) is 7.76. The lowest BCUT2D eigenvalue weighted by atomic mass is 10.1. The molecule has 0 bridgehead atoms. The van der Waals surface area contributed by atoms with Crippen LogP contribution < -0.4 is 5.73 Å². The lowest BCUT2D eigenvalue weighted by Crippen LogP contribution is -2.21. The molecule has 2 N–H and O–H groups in total. The monoisotopic (exact) mass is 137 g/mol. The number of hydrogen-bond donors (Lipinski definition) is 1. The molecule has 1 aliphatic heterocycles. The van der Waals surface area contributed by atoms with E-state index in [2.05, 4.69) is 13.2 Å². The molecule has 1 atom stereocenters. The molecule has 54 valence electrons. The molecule has 2 heteroatoms. The minimum atomic E-state index is -0.0227. The molecule has 2 nitrogen and oxygen atoms in total. The molecule has 1 heterocycles. The molecule has 0 fully saturated rings. The van der Waals surface area contributed by atoms with Crippen molar-refractivity contribution in [3.63, 3.8) is 0 Å². The molecule has 1 aliphatic rings. The summed E-state index contributed by atoms with van der Waals surface area (Å²) in [4.78, 5) is 0. The minimum Gasteiger partial charge on any atom is -0.491 e. The number of rotatable bonds is 2. The van der Waals surface area contributed by atoms with E-state index in [1.54, 1.807) is 12.2 Å². The van der Waals surface area contributed by atoms with Gasteiger partial charge in [0.1, 0.15) is 12.4 Å². The van der Waals surface area contributed by atoms with Crippen molar-refractivity contribution in [3.8, 4) is 0 Å².